The average molecular weight is 217 g/mol. The molecule has 0 heterocycles. The van der Waals surface area contributed by atoms with Crippen LogP contribution in [0.2, 0.25) is 0 Å². The largest absolute Gasteiger partial charge is 0.0966 e. The summed E-state index contributed by atoms with van der Waals surface area (Å²) in [5.74, 6) is 3.62. The Morgan fingerprint density at radius 3 is 0.800 bits per heavy atom. The maximum Gasteiger partial charge on any atom is 0 e. The lowest BCUT2D eigenvalue weighted by Crippen LogP contribution is -0.808. The molecular formula is C2H6AlBr2. The summed E-state index contributed by atoms with van der Waals surface area (Å²) in [6.45, 7) is 0. The molecule has 0 spiro atoms. The first-order chi connectivity index (χ1) is 2.00. The number of hydrogen-bond donors (Lipinski definition) is 0. The molecule has 5 heavy (non-hydrogen) atoms. The van der Waals surface area contributed by atoms with Crippen LogP contribution < -0.4 is 0 Å². The van der Waals surface area contributed by atoms with Crippen LogP contribution in [0, 0.1) is 0 Å². The first-order valence-corrected chi connectivity index (χ1v) is 3.93. The summed E-state index contributed by atoms with van der Waals surface area (Å²) < 4.78 is 0. The van der Waals surface area contributed by atoms with E-state index in [2.05, 4.69) is 31.9 Å². The maximum atomic E-state index is 2.94. The van der Waals surface area contributed by atoms with Gasteiger partial charge in [-0.1, -0.05) is 31.9 Å². The van der Waals surface area contributed by atoms with Crippen LogP contribution in [0.1, 0.15) is 0 Å². The van der Waals surface area contributed by atoms with E-state index in [1.54, 1.807) is 0 Å². The van der Waals surface area contributed by atoms with Crippen molar-refractivity contribution < 1.29 is 0 Å². The summed E-state index contributed by atoms with van der Waals surface area (Å²) in [6, 6.07) is 0. The molecule has 0 N–H and O–H groups in total. The fraction of sp³-hybridized carbons (Fsp3) is 1.00. The lowest BCUT2D eigenvalue weighted by atomic mass is 12.0. The zero-order valence-corrected chi connectivity index (χ0v) is 7.66. The van der Waals surface area contributed by atoms with E-state index in [1.807, 2.05) is 11.7 Å². The molecule has 0 aliphatic carbocycles. The van der Waals surface area contributed by atoms with Crippen molar-refractivity contribution in [2.24, 2.45) is 0 Å². The predicted molar refractivity (Wildman–Crippen MR) is 35.5 cm³/mol. The van der Waals surface area contributed by atoms with Gasteiger partial charge in [0.1, 0.15) is 0 Å². The van der Waals surface area contributed by atoms with Crippen molar-refractivity contribution in [3.8, 4) is 0 Å². The zero-order chi connectivity index (χ0) is 4.00. The van der Waals surface area contributed by atoms with Gasteiger partial charge in [0.2, 0.25) is 0 Å². The van der Waals surface area contributed by atoms with Crippen LogP contribution in [0.4, 0.5) is 0 Å². The van der Waals surface area contributed by atoms with E-state index in [9.17, 15) is 0 Å². The maximum absolute atomic E-state index is 2.94. The highest BCUT2D eigenvalue weighted by Gasteiger charge is 0.950. The van der Waals surface area contributed by atoms with Crippen LogP contribution in [0.15, 0.2) is 0 Å². The van der Waals surface area contributed by atoms with E-state index in [0.717, 1.165) is 0 Å². The topological polar surface area (TPSA) is 0 Å². The van der Waals surface area contributed by atoms with Crippen LogP contribution in [0.5, 0.6) is 0 Å². The van der Waals surface area contributed by atoms with E-state index >= 15 is 0 Å². The van der Waals surface area contributed by atoms with Crippen molar-refractivity contribution in [2.75, 3.05) is 11.7 Å². The molecule has 0 fully saturated rings. The summed E-state index contributed by atoms with van der Waals surface area (Å²) in [5.41, 5.74) is 0. The highest BCUT2D eigenvalue weighted by atomic mass is 79.9. The van der Waals surface area contributed by atoms with Crippen molar-refractivity contribution in [3.63, 3.8) is 0 Å². The van der Waals surface area contributed by atoms with Crippen molar-refractivity contribution in [2.45, 2.75) is 0 Å². The highest BCUT2D eigenvalue weighted by Crippen LogP contribution is 1.45. The Balaban J connectivity index is -0.0000000133. The third-order valence-electron chi connectivity index (χ3n) is 0. The molecule has 0 unspecified atom stereocenters. The fourth-order valence-corrected chi connectivity index (χ4v) is 0. The van der Waals surface area contributed by atoms with Crippen molar-refractivity contribution in [3.05, 3.63) is 0 Å². The molecule has 0 saturated heterocycles. The van der Waals surface area contributed by atoms with Crippen molar-refractivity contribution in [1.29, 1.82) is 0 Å². The first kappa shape index (κ1) is 16.1. The highest BCUT2D eigenvalue weighted by molar-refractivity contribution is 9.09. The Kier molecular flexibility index (Phi) is 160. The van der Waals surface area contributed by atoms with Gasteiger partial charge in [-0.25, -0.2) is 0 Å². The molecule has 0 bridgehead atoms. The Bertz CT molecular complexity index is 7.61. The van der Waals surface area contributed by atoms with E-state index in [-0.39, 0.29) is 17.4 Å². The van der Waals surface area contributed by atoms with Crippen molar-refractivity contribution in [1.82, 2.24) is 0 Å². The van der Waals surface area contributed by atoms with Gasteiger partial charge in [-0.15, -0.1) is 0 Å². The second kappa shape index (κ2) is 49.8. The van der Waals surface area contributed by atoms with Gasteiger partial charge in [-0.3, -0.25) is 0 Å². The predicted octanol–water partition coefficient (Wildman–Crippen LogP) is 1.64. The molecule has 0 aromatic rings. The smallest absolute Gasteiger partial charge is 0 e. The molecule has 0 amide bonds. The summed E-state index contributed by atoms with van der Waals surface area (Å²) in [5, 5.41) is 0. The fourth-order valence-electron chi connectivity index (χ4n) is 0. The number of hydrogen-bond acceptors (Lipinski definition) is 0. The van der Waals surface area contributed by atoms with Gasteiger partial charge in [0, 0.05) is 17.4 Å². The SMILES string of the molecule is CBr.CBr.[Al]. The molecule has 3 heteroatoms. The Labute approximate surface area is 60.7 Å². The van der Waals surface area contributed by atoms with Gasteiger partial charge < -0.3 is 0 Å². The van der Waals surface area contributed by atoms with E-state index < -0.39 is 0 Å². The summed E-state index contributed by atoms with van der Waals surface area (Å²) in [7, 11) is 0. The zero-order valence-electron chi connectivity index (χ0n) is 3.33. The molecule has 0 aliphatic rings. The summed E-state index contributed by atoms with van der Waals surface area (Å²) >= 11 is 5.88. The quantitative estimate of drug-likeness (QED) is 0.427. The summed E-state index contributed by atoms with van der Waals surface area (Å²) in [4.78, 5) is 0. The molecule has 3 radical (unpaired) electrons. The molecule has 0 aliphatic heterocycles. The minimum atomic E-state index is 0. The van der Waals surface area contributed by atoms with E-state index in [4.69, 9.17) is 0 Å². The van der Waals surface area contributed by atoms with Crippen LogP contribution >= 0.6 is 31.9 Å². The Morgan fingerprint density at radius 1 is 0.800 bits per heavy atom. The third-order valence-corrected chi connectivity index (χ3v) is 0. The minimum Gasteiger partial charge on any atom is -0.0966 e. The molecule has 0 atom stereocenters. The van der Waals surface area contributed by atoms with Crippen molar-refractivity contribution >= 4 is 49.2 Å². The molecular weight excluding hydrogens is 211 g/mol. The van der Waals surface area contributed by atoms with Gasteiger partial charge in [-0.05, 0) is 11.7 Å². The van der Waals surface area contributed by atoms with Gasteiger partial charge in [0.25, 0.3) is 0 Å². The lowest BCUT2D eigenvalue weighted by Gasteiger charge is -1.05. The Hall–Kier alpha value is 1.49. The lowest BCUT2D eigenvalue weighted by molar-refractivity contribution is 2.59. The molecule has 31 valence electrons. The van der Waals surface area contributed by atoms with Gasteiger partial charge >= 0.3 is 0 Å². The number of rotatable bonds is 0. The summed E-state index contributed by atoms with van der Waals surface area (Å²) in [6.07, 6.45) is 0. The second-order valence-corrected chi connectivity index (χ2v) is 0. The second-order valence-electron chi connectivity index (χ2n) is 0. The van der Waals surface area contributed by atoms with E-state index in [1.165, 1.54) is 0 Å². The third kappa shape index (κ3) is 30.1. The molecule has 0 aromatic heterocycles. The minimum absolute atomic E-state index is 0. The number of halogens is 2. The van der Waals surface area contributed by atoms with Crippen LogP contribution in [-0.4, -0.2) is 29.0 Å². The molecule has 0 rings (SSSR count). The van der Waals surface area contributed by atoms with Crippen LogP contribution in [-0.2, 0) is 0 Å². The van der Waals surface area contributed by atoms with Gasteiger partial charge in [0.15, 0.2) is 0 Å². The normalized spacial score (nSPS) is 2.40. The molecule has 0 saturated carbocycles. The first-order valence-electron chi connectivity index (χ1n) is 0.756. The Morgan fingerprint density at radius 2 is 0.800 bits per heavy atom. The van der Waals surface area contributed by atoms with Gasteiger partial charge in [-0.2, -0.15) is 0 Å². The van der Waals surface area contributed by atoms with E-state index in [0.29, 0.717) is 0 Å². The average Bonchev–Trinajstić information content (AvgIpc) is 1.50. The standard InChI is InChI=1S/2CH3Br.Al/c2*1-2;/h2*1H3;. The van der Waals surface area contributed by atoms with Crippen LogP contribution in [0.25, 0.3) is 0 Å². The number of alkyl halides is 2. The monoisotopic (exact) mass is 215 g/mol. The van der Waals surface area contributed by atoms with Gasteiger partial charge in [0.05, 0.1) is 0 Å². The van der Waals surface area contributed by atoms with Crippen LogP contribution in [0.3, 0.4) is 0 Å². The molecule has 0 nitrogen and oxygen atoms in total. The molecule has 0 aromatic carbocycles.